The van der Waals surface area contributed by atoms with Gasteiger partial charge in [-0.3, -0.25) is 0 Å². The number of alkyl halides is 27. The van der Waals surface area contributed by atoms with Crippen LogP contribution in [0.4, 0.5) is 119 Å². The average molecular weight is 732 g/mol. The molecule has 264 valence electrons. The van der Waals surface area contributed by atoms with Crippen LogP contribution in [0.5, 0.6) is 0 Å². The van der Waals surface area contributed by atoms with E-state index >= 15 is 0 Å². The third kappa shape index (κ3) is 5.45. The summed E-state index contributed by atoms with van der Waals surface area (Å²) in [6.07, 6.45) is -23.7. The molecule has 0 radical (unpaired) electrons. The monoisotopic (exact) mass is 732 g/mol. The molecule has 0 nitrogen and oxygen atoms in total. The molecule has 0 saturated carbocycles. The third-order valence-electron chi connectivity index (χ3n) is 5.45. The molecule has 27 heteroatoms. The van der Waals surface area contributed by atoms with Gasteiger partial charge in [0.2, 0.25) is 0 Å². The van der Waals surface area contributed by atoms with E-state index < -0.39 is 107 Å². The molecule has 0 aromatic heterocycles. The van der Waals surface area contributed by atoms with Crippen LogP contribution in [0.2, 0.25) is 0 Å². The number of hydrogen-bond donors (Lipinski definition) is 0. The minimum atomic E-state index is -8.30. The predicted octanol–water partition coefficient (Wildman–Crippen LogP) is 10.5. The van der Waals surface area contributed by atoms with Gasteiger partial charge in [0.1, 0.15) is 0 Å². The van der Waals surface area contributed by atoms with E-state index in [2.05, 4.69) is 0 Å². The van der Waals surface area contributed by atoms with Crippen LogP contribution in [-0.2, 0) is 17.8 Å². The van der Waals surface area contributed by atoms with Gasteiger partial charge in [0.05, 0.1) is 0 Å². The van der Waals surface area contributed by atoms with Gasteiger partial charge in [0.15, 0.2) is 0 Å². The van der Waals surface area contributed by atoms with E-state index in [1.54, 1.807) is 0 Å². The van der Waals surface area contributed by atoms with Crippen LogP contribution >= 0.6 is 0 Å². The summed E-state index contributed by atoms with van der Waals surface area (Å²) in [7, 11) is 0. The molecule has 1 rings (SSSR count). The van der Waals surface area contributed by atoms with Gasteiger partial charge in [0.25, 0.3) is 0 Å². The Balaban J connectivity index is 4.44. The fourth-order valence-electron chi connectivity index (χ4n) is 2.84. The fraction of sp³-hybridized carbons (Fsp3) is 0.667. The van der Waals surface area contributed by atoms with Crippen molar-refractivity contribution in [1.82, 2.24) is 0 Å². The zero-order valence-electron chi connectivity index (χ0n) is 19.4. The first-order valence-corrected chi connectivity index (χ1v) is 9.83. The smallest absolute Gasteiger partial charge is 0.194 e. The lowest BCUT2D eigenvalue weighted by molar-refractivity contribution is -0.401. The molecular formula is C18H3F27. The molecule has 0 aliphatic heterocycles. The summed E-state index contributed by atoms with van der Waals surface area (Å²) in [6, 6.07) is -6.67. The molecule has 0 N–H and O–H groups in total. The summed E-state index contributed by atoms with van der Waals surface area (Å²) in [5, 5.41) is 0. The van der Waals surface area contributed by atoms with E-state index in [-0.39, 0.29) is 0 Å². The van der Waals surface area contributed by atoms with Crippen LogP contribution in [0.3, 0.4) is 0 Å². The van der Waals surface area contributed by atoms with Crippen LogP contribution < -0.4 is 0 Å². The van der Waals surface area contributed by atoms with Crippen LogP contribution in [0.25, 0.3) is 0 Å². The molecule has 0 aliphatic carbocycles. The summed E-state index contributed by atoms with van der Waals surface area (Å²) >= 11 is 0. The predicted molar refractivity (Wildman–Crippen MR) is 86.0 cm³/mol. The minimum absolute atomic E-state index is 2.22. The Morgan fingerprint density at radius 3 is 0.467 bits per heavy atom. The first-order chi connectivity index (χ1) is 19.1. The van der Waals surface area contributed by atoms with Crippen molar-refractivity contribution in [3.05, 3.63) is 34.9 Å². The maximum Gasteiger partial charge on any atom is 0.460 e. The quantitative estimate of drug-likeness (QED) is 0.222. The van der Waals surface area contributed by atoms with Crippen LogP contribution in [0.15, 0.2) is 18.2 Å². The first-order valence-electron chi connectivity index (χ1n) is 9.83. The molecule has 0 unspecified atom stereocenters. The zero-order valence-corrected chi connectivity index (χ0v) is 19.4. The summed E-state index contributed by atoms with van der Waals surface area (Å²) in [5.74, 6) is -73.1. The molecule has 0 spiro atoms. The van der Waals surface area contributed by atoms with Crippen molar-refractivity contribution in [1.29, 1.82) is 0 Å². The highest BCUT2D eigenvalue weighted by Gasteiger charge is 2.85. The molecule has 0 saturated heterocycles. The second-order valence-electron chi connectivity index (χ2n) is 8.46. The fourth-order valence-corrected chi connectivity index (χ4v) is 2.84. The van der Waals surface area contributed by atoms with Crippen molar-refractivity contribution in [2.24, 2.45) is 0 Å². The van der Waals surface area contributed by atoms with Gasteiger partial charge >= 0.3 is 71.8 Å². The number of rotatable bonds is 9. The topological polar surface area (TPSA) is 0 Å². The van der Waals surface area contributed by atoms with Crippen molar-refractivity contribution >= 4 is 0 Å². The van der Waals surface area contributed by atoms with Gasteiger partial charge in [-0.25, -0.2) is 0 Å². The van der Waals surface area contributed by atoms with Crippen LogP contribution in [0, 0.1) is 0 Å². The van der Waals surface area contributed by atoms with Gasteiger partial charge in [-0.05, 0) is 18.2 Å². The average Bonchev–Trinajstić information content (AvgIpc) is 2.80. The van der Waals surface area contributed by atoms with E-state index in [0.717, 1.165) is 0 Å². The van der Waals surface area contributed by atoms with Crippen molar-refractivity contribution in [2.75, 3.05) is 0 Å². The first kappa shape index (κ1) is 40.4. The molecule has 0 amide bonds. The molecule has 0 aliphatic rings. The Kier molecular flexibility index (Phi) is 9.11. The Morgan fingerprint density at radius 1 is 0.222 bits per heavy atom. The Morgan fingerprint density at radius 2 is 0.356 bits per heavy atom. The second-order valence-corrected chi connectivity index (χ2v) is 8.46. The highest BCUT2D eigenvalue weighted by Crippen LogP contribution is 2.62. The zero-order chi connectivity index (χ0) is 36.9. The van der Waals surface area contributed by atoms with Crippen molar-refractivity contribution in [3.63, 3.8) is 0 Å². The molecule has 0 bridgehead atoms. The molecule has 0 atom stereocenters. The third-order valence-corrected chi connectivity index (χ3v) is 5.45. The van der Waals surface area contributed by atoms with Gasteiger partial charge in [0, 0.05) is 16.7 Å². The maximum absolute atomic E-state index is 14.3. The highest BCUT2D eigenvalue weighted by atomic mass is 19.4. The molecular weight excluding hydrogens is 729 g/mol. The Hall–Kier alpha value is -2.67. The standard InChI is InChI=1S/C18H3F27/c19-7(20,10(25,26)13(31,32)16(37,38)39)4-1-5(8(21,22)11(27,28)14(33,34)17(40,41)42)3-6(2-4)9(23,24)12(29,30)15(35,36)18(43,44)45/h1-3H. The van der Waals surface area contributed by atoms with Gasteiger partial charge in [-0.15, -0.1) is 0 Å². The maximum atomic E-state index is 14.3. The second kappa shape index (κ2) is 10.2. The van der Waals surface area contributed by atoms with E-state index in [4.69, 9.17) is 0 Å². The highest BCUT2D eigenvalue weighted by molar-refractivity contribution is 5.41. The molecule has 0 heterocycles. The summed E-state index contributed by atoms with van der Waals surface area (Å²) in [5.41, 5.74) is -12.8. The summed E-state index contributed by atoms with van der Waals surface area (Å²) < 4.78 is 358. The van der Waals surface area contributed by atoms with Crippen molar-refractivity contribution in [2.45, 2.75) is 71.8 Å². The number of halogens is 27. The molecule has 0 fully saturated rings. The minimum Gasteiger partial charge on any atom is -0.194 e. The normalized spacial score (nSPS) is 16.3. The largest absolute Gasteiger partial charge is 0.460 e. The Bertz CT molecular complexity index is 1070. The van der Waals surface area contributed by atoms with Crippen molar-refractivity contribution < 1.29 is 119 Å². The van der Waals surface area contributed by atoms with Gasteiger partial charge in [-0.1, -0.05) is 0 Å². The molecule has 1 aromatic rings. The van der Waals surface area contributed by atoms with E-state index in [9.17, 15) is 119 Å². The molecule has 45 heavy (non-hydrogen) atoms. The number of benzene rings is 1. The van der Waals surface area contributed by atoms with E-state index in [1.165, 1.54) is 0 Å². The number of hydrogen-bond acceptors (Lipinski definition) is 0. The van der Waals surface area contributed by atoms with Crippen molar-refractivity contribution in [3.8, 4) is 0 Å². The summed E-state index contributed by atoms with van der Waals surface area (Å²) in [6.45, 7) is 0. The summed E-state index contributed by atoms with van der Waals surface area (Å²) in [4.78, 5) is 0. The van der Waals surface area contributed by atoms with E-state index in [1.807, 2.05) is 0 Å². The van der Waals surface area contributed by atoms with Crippen LogP contribution in [-0.4, -0.2) is 54.1 Å². The lowest BCUT2D eigenvalue weighted by Crippen LogP contribution is -2.61. The van der Waals surface area contributed by atoms with E-state index in [0.29, 0.717) is 0 Å². The lowest BCUT2D eigenvalue weighted by atomic mass is 9.86. The Labute approximate surface area is 226 Å². The van der Waals surface area contributed by atoms with Gasteiger partial charge < -0.3 is 0 Å². The lowest BCUT2D eigenvalue weighted by Gasteiger charge is -2.37. The SMILES string of the molecule is FC(F)(F)C(F)(F)C(F)(F)C(F)(F)c1cc(C(F)(F)C(F)(F)C(F)(F)C(F)(F)F)cc(C(F)(F)C(F)(F)C(F)(F)C(F)(F)F)c1. The van der Waals surface area contributed by atoms with Gasteiger partial charge in [-0.2, -0.15) is 119 Å². The molecule has 1 aromatic carbocycles. The van der Waals surface area contributed by atoms with Crippen LogP contribution in [0.1, 0.15) is 16.7 Å².